The summed E-state index contributed by atoms with van der Waals surface area (Å²) in [4.78, 5) is 4.48. The van der Waals surface area contributed by atoms with Crippen molar-refractivity contribution >= 4 is 17.4 Å². The molecule has 0 radical (unpaired) electrons. The van der Waals surface area contributed by atoms with Gasteiger partial charge in [0.1, 0.15) is 5.03 Å². The fourth-order valence-corrected chi connectivity index (χ4v) is 2.25. The second-order valence-electron chi connectivity index (χ2n) is 4.63. The largest absolute Gasteiger partial charge is 0.476 e. The van der Waals surface area contributed by atoms with Gasteiger partial charge in [-0.15, -0.1) is 11.8 Å². The predicted octanol–water partition coefficient (Wildman–Crippen LogP) is 3.34. The van der Waals surface area contributed by atoms with Gasteiger partial charge in [0, 0.05) is 5.25 Å². The lowest BCUT2D eigenvalue weighted by Crippen LogP contribution is -2.04. The molecule has 2 rings (SSSR count). The first-order valence-electron chi connectivity index (χ1n) is 6.25. The van der Waals surface area contributed by atoms with Crippen LogP contribution in [0.1, 0.15) is 33.1 Å². The monoisotopic (exact) mass is 252 g/mol. The smallest absolute Gasteiger partial charge is 0.238 e. The van der Waals surface area contributed by atoms with Crippen LogP contribution in [0.15, 0.2) is 17.2 Å². The molecule has 1 aliphatic rings. The normalized spacial score (nSPS) is 16.8. The van der Waals surface area contributed by atoms with E-state index >= 15 is 0 Å². The molecule has 1 atom stereocenters. The summed E-state index contributed by atoms with van der Waals surface area (Å²) in [5.41, 5.74) is 6.50. The molecule has 1 aromatic heterocycles. The lowest BCUT2D eigenvalue weighted by Gasteiger charge is -2.11. The van der Waals surface area contributed by atoms with Gasteiger partial charge in [-0.05, 0) is 37.3 Å². The number of aromatic nitrogens is 1. The Morgan fingerprint density at radius 3 is 2.94 bits per heavy atom. The summed E-state index contributed by atoms with van der Waals surface area (Å²) < 4.78 is 5.67. The Kier molecular flexibility index (Phi) is 4.15. The Morgan fingerprint density at radius 2 is 2.29 bits per heavy atom. The molecule has 0 amide bonds. The van der Waals surface area contributed by atoms with E-state index in [-0.39, 0.29) is 0 Å². The zero-order chi connectivity index (χ0) is 12.3. The summed E-state index contributed by atoms with van der Waals surface area (Å²) in [7, 11) is 0. The van der Waals surface area contributed by atoms with Gasteiger partial charge in [0.25, 0.3) is 0 Å². The van der Waals surface area contributed by atoms with Crippen LogP contribution in [0.25, 0.3) is 0 Å². The summed E-state index contributed by atoms with van der Waals surface area (Å²) >= 11 is 1.77. The molecule has 0 spiro atoms. The second kappa shape index (κ2) is 5.63. The summed E-state index contributed by atoms with van der Waals surface area (Å²) in [5, 5.41) is 1.57. The molecule has 4 heteroatoms. The van der Waals surface area contributed by atoms with E-state index in [4.69, 9.17) is 10.5 Å². The molecule has 1 unspecified atom stereocenters. The number of nitrogen functional groups attached to an aromatic ring is 1. The molecular formula is C13H20N2OS. The summed E-state index contributed by atoms with van der Waals surface area (Å²) in [5.74, 6) is 1.33. The minimum Gasteiger partial charge on any atom is -0.476 e. The van der Waals surface area contributed by atoms with E-state index in [0.717, 1.165) is 24.0 Å². The van der Waals surface area contributed by atoms with Crippen LogP contribution in [0.4, 0.5) is 5.69 Å². The van der Waals surface area contributed by atoms with E-state index in [1.54, 1.807) is 11.8 Å². The predicted molar refractivity (Wildman–Crippen MR) is 72.5 cm³/mol. The average Bonchev–Trinajstić information content (AvgIpc) is 3.13. The molecule has 0 bridgehead atoms. The molecule has 1 aromatic rings. The van der Waals surface area contributed by atoms with Crippen LogP contribution >= 0.6 is 11.8 Å². The number of hydrogen-bond donors (Lipinski definition) is 1. The van der Waals surface area contributed by atoms with E-state index in [0.29, 0.717) is 16.8 Å². The highest BCUT2D eigenvalue weighted by molar-refractivity contribution is 7.99. The van der Waals surface area contributed by atoms with Crippen LogP contribution in [0.3, 0.4) is 0 Å². The van der Waals surface area contributed by atoms with Crippen LogP contribution in [0.2, 0.25) is 0 Å². The lowest BCUT2D eigenvalue weighted by molar-refractivity contribution is 0.288. The van der Waals surface area contributed by atoms with E-state index < -0.39 is 0 Å². The number of thioether (sulfide) groups is 1. The molecule has 1 heterocycles. The first-order valence-corrected chi connectivity index (χ1v) is 7.13. The van der Waals surface area contributed by atoms with Crippen LogP contribution in [0.5, 0.6) is 5.88 Å². The molecule has 0 aliphatic heterocycles. The summed E-state index contributed by atoms with van der Waals surface area (Å²) in [6, 6.07) is 3.86. The van der Waals surface area contributed by atoms with Crippen molar-refractivity contribution in [2.75, 3.05) is 12.3 Å². The van der Waals surface area contributed by atoms with Crippen molar-refractivity contribution in [2.24, 2.45) is 5.92 Å². The molecule has 17 heavy (non-hydrogen) atoms. The molecule has 0 aromatic carbocycles. The number of ether oxygens (including phenoxy) is 1. The van der Waals surface area contributed by atoms with Crippen LogP contribution in [-0.2, 0) is 0 Å². The van der Waals surface area contributed by atoms with Gasteiger partial charge in [0.05, 0.1) is 12.3 Å². The first kappa shape index (κ1) is 12.6. The second-order valence-corrected chi connectivity index (χ2v) is 6.09. The maximum atomic E-state index is 5.86. The maximum Gasteiger partial charge on any atom is 0.238 e. The molecular weight excluding hydrogens is 232 g/mol. The molecule has 0 saturated heterocycles. The van der Waals surface area contributed by atoms with Crippen molar-refractivity contribution in [3.8, 4) is 5.88 Å². The van der Waals surface area contributed by atoms with E-state index in [2.05, 4.69) is 18.8 Å². The molecule has 3 nitrogen and oxygen atoms in total. The standard InChI is InChI=1S/C13H20N2OS/c1-3-9(2)17-12-7-6-11(14)13(15-12)16-8-10-4-5-10/h6-7,9-10H,3-5,8,14H2,1-2H3. The number of rotatable bonds is 6. The SMILES string of the molecule is CCC(C)Sc1ccc(N)c(OCC2CC2)n1. The highest BCUT2D eigenvalue weighted by Crippen LogP contribution is 2.32. The highest BCUT2D eigenvalue weighted by Gasteiger charge is 2.22. The first-order chi connectivity index (χ1) is 8.19. The number of pyridine rings is 1. The maximum absolute atomic E-state index is 5.86. The van der Waals surface area contributed by atoms with Gasteiger partial charge < -0.3 is 10.5 Å². The Hall–Kier alpha value is -0.900. The Balaban J connectivity index is 1.99. The number of nitrogens with zero attached hydrogens (tertiary/aromatic N) is 1. The van der Waals surface area contributed by atoms with E-state index in [9.17, 15) is 0 Å². The van der Waals surface area contributed by atoms with Gasteiger partial charge >= 0.3 is 0 Å². The summed E-state index contributed by atoms with van der Waals surface area (Å²) in [6.07, 6.45) is 3.69. The number of hydrogen-bond acceptors (Lipinski definition) is 4. The zero-order valence-electron chi connectivity index (χ0n) is 10.5. The van der Waals surface area contributed by atoms with Crippen molar-refractivity contribution < 1.29 is 4.74 Å². The third-order valence-electron chi connectivity index (χ3n) is 2.91. The van der Waals surface area contributed by atoms with E-state index in [1.165, 1.54) is 12.8 Å². The Bertz CT molecular complexity index is 380. The fourth-order valence-electron chi connectivity index (χ4n) is 1.39. The molecule has 94 valence electrons. The molecule has 2 N–H and O–H groups in total. The van der Waals surface area contributed by atoms with Crippen LogP contribution in [0, 0.1) is 5.92 Å². The fraction of sp³-hybridized carbons (Fsp3) is 0.615. The third kappa shape index (κ3) is 3.80. The minimum absolute atomic E-state index is 0.572. The summed E-state index contributed by atoms with van der Waals surface area (Å²) in [6.45, 7) is 5.14. The van der Waals surface area contributed by atoms with Gasteiger partial charge in [0.2, 0.25) is 5.88 Å². The quantitative estimate of drug-likeness (QED) is 0.789. The van der Waals surface area contributed by atoms with Crippen molar-refractivity contribution in [1.82, 2.24) is 4.98 Å². The number of nitrogens with two attached hydrogens (primary N) is 1. The van der Waals surface area contributed by atoms with Crippen molar-refractivity contribution in [3.05, 3.63) is 12.1 Å². The van der Waals surface area contributed by atoms with E-state index in [1.807, 2.05) is 12.1 Å². The highest BCUT2D eigenvalue weighted by atomic mass is 32.2. The lowest BCUT2D eigenvalue weighted by atomic mass is 10.4. The average molecular weight is 252 g/mol. The molecule has 1 saturated carbocycles. The van der Waals surface area contributed by atoms with Gasteiger partial charge in [-0.3, -0.25) is 0 Å². The Morgan fingerprint density at radius 1 is 1.53 bits per heavy atom. The Labute approximate surface area is 107 Å². The van der Waals surface area contributed by atoms with Crippen molar-refractivity contribution in [3.63, 3.8) is 0 Å². The number of anilines is 1. The third-order valence-corrected chi connectivity index (χ3v) is 4.12. The minimum atomic E-state index is 0.572. The van der Waals surface area contributed by atoms with Crippen LogP contribution < -0.4 is 10.5 Å². The van der Waals surface area contributed by atoms with Crippen molar-refractivity contribution in [2.45, 2.75) is 43.4 Å². The molecule has 1 fully saturated rings. The van der Waals surface area contributed by atoms with Gasteiger partial charge in [-0.2, -0.15) is 0 Å². The molecule has 1 aliphatic carbocycles. The van der Waals surface area contributed by atoms with Gasteiger partial charge in [-0.1, -0.05) is 13.8 Å². The van der Waals surface area contributed by atoms with Gasteiger partial charge in [-0.25, -0.2) is 4.98 Å². The zero-order valence-corrected chi connectivity index (χ0v) is 11.3. The van der Waals surface area contributed by atoms with Crippen molar-refractivity contribution in [1.29, 1.82) is 0 Å². The van der Waals surface area contributed by atoms with Gasteiger partial charge in [0.15, 0.2) is 0 Å². The van der Waals surface area contributed by atoms with Crippen LogP contribution in [-0.4, -0.2) is 16.8 Å². The topological polar surface area (TPSA) is 48.1 Å².